The molecule has 1 aromatic heterocycles. The van der Waals surface area contributed by atoms with Crippen LogP contribution in [0.5, 0.6) is 0 Å². The van der Waals surface area contributed by atoms with Gasteiger partial charge in [0.25, 0.3) is 5.56 Å². The quantitative estimate of drug-likeness (QED) is 0.890. The normalized spacial score (nSPS) is 16.6. The van der Waals surface area contributed by atoms with E-state index in [4.69, 9.17) is 5.11 Å². The highest BCUT2D eigenvalue weighted by Crippen LogP contribution is 2.25. The Morgan fingerprint density at radius 1 is 1.04 bits per heavy atom. The summed E-state index contributed by atoms with van der Waals surface area (Å²) < 4.78 is 28.7. The second-order valence-corrected chi connectivity index (χ2v) is 8.09. The van der Waals surface area contributed by atoms with E-state index in [2.05, 4.69) is 0 Å². The van der Waals surface area contributed by atoms with Crippen molar-refractivity contribution in [1.82, 2.24) is 8.87 Å². The number of nitrogens with zero attached hydrogens (tertiary/aromatic N) is 2. The van der Waals surface area contributed by atoms with E-state index in [0.717, 1.165) is 30.3 Å². The first kappa shape index (κ1) is 17.6. The van der Waals surface area contributed by atoms with Crippen molar-refractivity contribution in [2.24, 2.45) is 0 Å². The second-order valence-electron chi connectivity index (χ2n) is 6.18. The smallest absolute Gasteiger partial charge is 0.323 e. The number of fused-ring (bicyclic) bond motifs is 1. The van der Waals surface area contributed by atoms with E-state index in [-0.39, 0.29) is 10.3 Å². The summed E-state index contributed by atoms with van der Waals surface area (Å²) in [7, 11) is -3.81. The summed E-state index contributed by atoms with van der Waals surface area (Å²) in [5.74, 6) is -1.20. The van der Waals surface area contributed by atoms with Gasteiger partial charge in [0.1, 0.15) is 11.4 Å². The molecule has 7 nitrogen and oxygen atoms in total. The topological polar surface area (TPSA) is 96.7 Å². The first-order chi connectivity index (χ1) is 11.9. The third-order valence-electron chi connectivity index (χ3n) is 4.45. The molecule has 0 saturated carbocycles. The van der Waals surface area contributed by atoms with E-state index in [1.165, 1.54) is 16.6 Å². The number of sulfonamides is 1. The summed E-state index contributed by atoms with van der Waals surface area (Å²) in [6.07, 6.45) is 4.74. The molecule has 0 atom stereocenters. The van der Waals surface area contributed by atoms with Gasteiger partial charge in [0.05, 0.1) is 0 Å². The fourth-order valence-electron chi connectivity index (χ4n) is 3.20. The molecule has 2 heterocycles. The van der Waals surface area contributed by atoms with Crippen molar-refractivity contribution >= 4 is 26.8 Å². The molecule has 134 valence electrons. The number of rotatable bonds is 4. The predicted octanol–water partition coefficient (Wildman–Crippen LogP) is 1.65. The van der Waals surface area contributed by atoms with Gasteiger partial charge in [-0.15, -0.1) is 0 Å². The summed E-state index contributed by atoms with van der Waals surface area (Å²) in [4.78, 5) is 23.5. The molecule has 2 aromatic rings. The van der Waals surface area contributed by atoms with Crippen molar-refractivity contribution in [2.45, 2.75) is 37.1 Å². The monoisotopic (exact) mass is 364 g/mol. The first-order valence-electron chi connectivity index (χ1n) is 8.25. The molecule has 1 aliphatic rings. The van der Waals surface area contributed by atoms with Crippen molar-refractivity contribution in [3.05, 3.63) is 40.8 Å². The molecule has 1 aliphatic heterocycles. The van der Waals surface area contributed by atoms with Gasteiger partial charge in [0.2, 0.25) is 10.0 Å². The fourth-order valence-corrected chi connectivity index (χ4v) is 4.93. The summed E-state index contributed by atoms with van der Waals surface area (Å²) in [6.45, 7) is 0.301. The van der Waals surface area contributed by atoms with Gasteiger partial charge in [-0.3, -0.25) is 9.59 Å². The molecular formula is C17H20N2O5S. The van der Waals surface area contributed by atoms with E-state index in [1.807, 2.05) is 0 Å². The zero-order valence-corrected chi connectivity index (χ0v) is 14.5. The van der Waals surface area contributed by atoms with Gasteiger partial charge in [-0.1, -0.05) is 31.0 Å². The van der Waals surface area contributed by atoms with Crippen molar-refractivity contribution in [3.63, 3.8) is 0 Å². The minimum absolute atomic E-state index is 0.00847. The Balaban J connectivity index is 2.21. The van der Waals surface area contributed by atoms with E-state index in [9.17, 15) is 18.0 Å². The van der Waals surface area contributed by atoms with Crippen molar-refractivity contribution in [2.75, 3.05) is 13.1 Å². The van der Waals surface area contributed by atoms with E-state index >= 15 is 0 Å². The lowest BCUT2D eigenvalue weighted by molar-refractivity contribution is -0.137. The predicted molar refractivity (Wildman–Crippen MR) is 93.1 cm³/mol. The molecule has 1 saturated heterocycles. The highest BCUT2D eigenvalue weighted by Gasteiger charge is 2.28. The number of aromatic nitrogens is 1. The Morgan fingerprint density at radius 3 is 2.24 bits per heavy atom. The molecule has 0 aliphatic carbocycles. The minimum Gasteiger partial charge on any atom is -0.480 e. The van der Waals surface area contributed by atoms with Crippen LogP contribution in [0.1, 0.15) is 25.7 Å². The summed E-state index contributed by atoms with van der Waals surface area (Å²) in [5.41, 5.74) is -0.507. The molecule has 0 radical (unpaired) electrons. The average Bonchev–Trinajstić information content (AvgIpc) is 2.87. The number of benzene rings is 1. The molecule has 1 aromatic carbocycles. The number of carboxylic acids is 1. The van der Waals surface area contributed by atoms with Crippen LogP contribution in [0, 0.1) is 0 Å². The maximum Gasteiger partial charge on any atom is 0.323 e. The maximum absolute atomic E-state index is 13.2. The van der Waals surface area contributed by atoms with Gasteiger partial charge in [-0.05, 0) is 18.9 Å². The van der Waals surface area contributed by atoms with Crippen molar-refractivity contribution in [3.8, 4) is 0 Å². The number of pyridine rings is 1. The Morgan fingerprint density at radius 2 is 1.64 bits per heavy atom. The molecule has 8 heteroatoms. The highest BCUT2D eigenvalue weighted by molar-refractivity contribution is 7.89. The molecule has 1 N–H and O–H groups in total. The van der Waals surface area contributed by atoms with Crippen LogP contribution in [0.2, 0.25) is 0 Å². The van der Waals surface area contributed by atoms with Crippen LogP contribution in [0.4, 0.5) is 0 Å². The molecule has 25 heavy (non-hydrogen) atoms. The zero-order valence-electron chi connectivity index (χ0n) is 13.7. The number of hydrogen-bond donors (Lipinski definition) is 1. The summed E-state index contributed by atoms with van der Waals surface area (Å²) in [5, 5.41) is 9.56. The van der Waals surface area contributed by atoms with Crippen LogP contribution >= 0.6 is 0 Å². The van der Waals surface area contributed by atoms with Crippen LogP contribution in [0.3, 0.4) is 0 Å². The Labute approximate surface area is 145 Å². The minimum atomic E-state index is -3.81. The fraction of sp³-hybridized carbons (Fsp3) is 0.412. The zero-order chi connectivity index (χ0) is 18.0. The van der Waals surface area contributed by atoms with Gasteiger partial charge in [-0.25, -0.2) is 8.42 Å². The molecule has 0 bridgehead atoms. The summed E-state index contributed by atoms with van der Waals surface area (Å²) in [6, 6.07) is 6.42. The van der Waals surface area contributed by atoms with Gasteiger partial charge in [-0.2, -0.15) is 4.31 Å². The van der Waals surface area contributed by atoms with Gasteiger partial charge in [0, 0.05) is 30.1 Å². The number of carboxylic acid groups (broad SMARTS) is 1. The Kier molecular flexibility index (Phi) is 4.91. The van der Waals surface area contributed by atoms with Gasteiger partial charge in [0.15, 0.2) is 0 Å². The molecule has 3 rings (SSSR count). The third-order valence-corrected chi connectivity index (χ3v) is 6.37. The Hall–Kier alpha value is -2.19. The van der Waals surface area contributed by atoms with Crippen molar-refractivity contribution < 1.29 is 18.3 Å². The second kappa shape index (κ2) is 6.97. The number of aliphatic carboxylic acids is 1. The summed E-state index contributed by atoms with van der Waals surface area (Å²) >= 11 is 0. The van der Waals surface area contributed by atoms with Crippen LogP contribution in [0.15, 0.2) is 40.2 Å². The lowest BCUT2D eigenvalue weighted by Crippen LogP contribution is -2.34. The third kappa shape index (κ3) is 3.45. The van der Waals surface area contributed by atoms with Gasteiger partial charge >= 0.3 is 5.97 Å². The lowest BCUT2D eigenvalue weighted by atomic mass is 10.2. The van der Waals surface area contributed by atoms with E-state index in [1.54, 1.807) is 18.2 Å². The van der Waals surface area contributed by atoms with E-state index < -0.39 is 28.1 Å². The van der Waals surface area contributed by atoms with E-state index in [0.29, 0.717) is 18.5 Å². The largest absolute Gasteiger partial charge is 0.480 e. The molecule has 0 amide bonds. The average molecular weight is 364 g/mol. The molecule has 0 spiro atoms. The highest BCUT2D eigenvalue weighted by atomic mass is 32.2. The van der Waals surface area contributed by atoms with Crippen molar-refractivity contribution in [1.29, 1.82) is 0 Å². The van der Waals surface area contributed by atoms with Crippen LogP contribution in [0.25, 0.3) is 10.8 Å². The van der Waals surface area contributed by atoms with Crippen LogP contribution in [-0.4, -0.2) is 41.5 Å². The SMILES string of the molecule is O=C(O)Cn1cc(S(=O)(=O)N2CCCCCC2)c2ccccc2c1=O. The number of carbonyl (C=O) groups is 1. The maximum atomic E-state index is 13.2. The lowest BCUT2D eigenvalue weighted by Gasteiger charge is -2.21. The number of hydrogen-bond acceptors (Lipinski definition) is 4. The van der Waals surface area contributed by atoms with Crippen LogP contribution in [-0.2, 0) is 21.4 Å². The molecule has 1 fully saturated rings. The Bertz CT molecular complexity index is 957. The molecule has 0 unspecified atom stereocenters. The standard InChI is InChI=1S/C17H20N2O5S/c20-16(21)12-18-11-15(13-7-3-4-8-14(13)17(18)22)25(23,24)19-9-5-1-2-6-10-19/h3-4,7-8,11H,1-2,5-6,9-10,12H2,(H,20,21). The molecular weight excluding hydrogens is 344 g/mol. The first-order valence-corrected chi connectivity index (χ1v) is 9.69. The van der Waals surface area contributed by atoms with Crippen LogP contribution < -0.4 is 5.56 Å². The van der Waals surface area contributed by atoms with Gasteiger partial charge < -0.3 is 9.67 Å².